The van der Waals surface area contributed by atoms with E-state index in [1.54, 1.807) is 6.20 Å². The van der Waals surface area contributed by atoms with Crippen molar-refractivity contribution in [1.29, 1.82) is 0 Å². The summed E-state index contributed by atoms with van der Waals surface area (Å²) in [5.74, 6) is 0.529. The van der Waals surface area contributed by atoms with Crippen molar-refractivity contribution in [3.8, 4) is 11.4 Å². The van der Waals surface area contributed by atoms with E-state index in [2.05, 4.69) is 68.2 Å². The van der Waals surface area contributed by atoms with E-state index in [-0.39, 0.29) is 0 Å². The Kier molecular flexibility index (Phi) is 4.08. The van der Waals surface area contributed by atoms with Crippen LogP contribution in [0.3, 0.4) is 0 Å². The van der Waals surface area contributed by atoms with Crippen molar-refractivity contribution in [1.82, 2.24) is 15.0 Å². The lowest BCUT2D eigenvalue weighted by Crippen LogP contribution is -1.99. The second-order valence-corrected chi connectivity index (χ2v) is 7.29. The highest BCUT2D eigenvalue weighted by molar-refractivity contribution is 9.11. The van der Waals surface area contributed by atoms with Gasteiger partial charge in [0.1, 0.15) is 9.48 Å². The minimum atomic E-state index is 0.504. The summed E-state index contributed by atoms with van der Waals surface area (Å²) in [6, 6.07) is 8.04. The van der Waals surface area contributed by atoms with Crippen molar-refractivity contribution in [2.75, 3.05) is 11.1 Å². The largest absolute Gasteiger partial charge is 0.375 e. The molecule has 0 saturated carbocycles. The maximum Gasteiger partial charge on any atom is 0.227 e. The van der Waals surface area contributed by atoms with Crippen LogP contribution in [0.25, 0.3) is 11.4 Å². The molecule has 5 nitrogen and oxygen atoms in total. The van der Waals surface area contributed by atoms with Gasteiger partial charge in [-0.25, -0.2) is 15.0 Å². The average Bonchev–Trinajstić information content (AvgIpc) is 2.77. The molecule has 0 fully saturated rings. The molecule has 7 heteroatoms. The van der Waals surface area contributed by atoms with Gasteiger partial charge in [0, 0.05) is 11.9 Å². The molecule has 3 aromatic rings. The second kappa shape index (κ2) is 6.02. The minimum Gasteiger partial charge on any atom is -0.375 e. The SMILES string of the molecule is Cc1cc(C)cc(Nc2nccc(-c3nc(N)sc3Br)n2)c1. The highest BCUT2D eigenvalue weighted by Gasteiger charge is 2.12. The number of anilines is 3. The third kappa shape index (κ3) is 3.26. The number of aryl methyl sites for hydroxylation is 2. The number of halogens is 1. The molecule has 0 bridgehead atoms. The van der Waals surface area contributed by atoms with Gasteiger partial charge in [-0.05, 0) is 59.1 Å². The molecule has 0 saturated heterocycles. The number of aromatic nitrogens is 3. The Hall–Kier alpha value is -1.99. The van der Waals surface area contributed by atoms with Crippen LogP contribution in [-0.4, -0.2) is 15.0 Å². The maximum atomic E-state index is 5.73. The van der Waals surface area contributed by atoms with E-state index in [1.807, 2.05) is 6.07 Å². The fourth-order valence-electron chi connectivity index (χ4n) is 2.20. The Morgan fingerprint density at radius 3 is 2.50 bits per heavy atom. The van der Waals surface area contributed by atoms with Gasteiger partial charge in [-0.2, -0.15) is 0 Å². The van der Waals surface area contributed by atoms with Gasteiger partial charge >= 0.3 is 0 Å². The smallest absolute Gasteiger partial charge is 0.227 e. The summed E-state index contributed by atoms with van der Waals surface area (Å²) >= 11 is 4.84. The molecule has 22 heavy (non-hydrogen) atoms. The second-order valence-electron chi connectivity index (χ2n) is 4.94. The number of nitrogen functional groups attached to an aromatic ring is 1. The standard InChI is InChI=1S/C15H14BrN5S/c1-8-5-9(2)7-10(6-8)19-15-18-4-3-11(20-15)12-13(16)22-14(17)21-12/h3-7H,1-2H3,(H2,17,21)(H,18,19,20). The molecule has 0 atom stereocenters. The summed E-state index contributed by atoms with van der Waals surface area (Å²) in [6.07, 6.45) is 1.70. The van der Waals surface area contributed by atoms with Crippen LogP contribution in [0.2, 0.25) is 0 Å². The lowest BCUT2D eigenvalue weighted by Gasteiger charge is -2.08. The van der Waals surface area contributed by atoms with E-state index in [1.165, 1.54) is 22.5 Å². The first-order chi connectivity index (χ1) is 10.5. The first kappa shape index (κ1) is 14.9. The molecule has 0 radical (unpaired) electrons. The Balaban J connectivity index is 1.93. The molecule has 0 aliphatic heterocycles. The fraction of sp³-hybridized carbons (Fsp3) is 0.133. The van der Waals surface area contributed by atoms with E-state index in [0.717, 1.165) is 20.9 Å². The lowest BCUT2D eigenvalue weighted by atomic mass is 10.1. The van der Waals surface area contributed by atoms with Crippen LogP contribution in [0.5, 0.6) is 0 Å². The number of hydrogen-bond donors (Lipinski definition) is 2. The van der Waals surface area contributed by atoms with Gasteiger partial charge in [-0.1, -0.05) is 17.4 Å². The molecule has 0 aliphatic carbocycles. The number of rotatable bonds is 3. The molecule has 1 aromatic carbocycles. The van der Waals surface area contributed by atoms with E-state index in [0.29, 0.717) is 11.1 Å². The molecular formula is C15H14BrN5S. The third-order valence-corrected chi connectivity index (χ3v) is 4.51. The van der Waals surface area contributed by atoms with Crippen LogP contribution >= 0.6 is 27.3 Å². The maximum absolute atomic E-state index is 5.73. The van der Waals surface area contributed by atoms with Gasteiger partial charge in [0.05, 0.1) is 5.69 Å². The van der Waals surface area contributed by atoms with E-state index < -0.39 is 0 Å². The van der Waals surface area contributed by atoms with Crippen LogP contribution in [0, 0.1) is 13.8 Å². The number of benzene rings is 1. The Morgan fingerprint density at radius 2 is 1.86 bits per heavy atom. The lowest BCUT2D eigenvalue weighted by molar-refractivity contribution is 1.16. The van der Waals surface area contributed by atoms with Crippen molar-refractivity contribution < 1.29 is 0 Å². The van der Waals surface area contributed by atoms with Crippen LogP contribution in [-0.2, 0) is 0 Å². The number of nitrogens with one attached hydrogen (secondary N) is 1. The van der Waals surface area contributed by atoms with Gasteiger partial charge in [-0.3, -0.25) is 0 Å². The van der Waals surface area contributed by atoms with Gasteiger partial charge in [0.25, 0.3) is 0 Å². The van der Waals surface area contributed by atoms with Crippen LogP contribution in [0.4, 0.5) is 16.8 Å². The molecule has 3 rings (SSSR count). The zero-order valence-corrected chi connectivity index (χ0v) is 14.5. The number of nitrogens with zero attached hydrogens (tertiary/aromatic N) is 3. The molecule has 0 unspecified atom stereocenters. The minimum absolute atomic E-state index is 0.504. The quantitative estimate of drug-likeness (QED) is 0.713. The summed E-state index contributed by atoms with van der Waals surface area (Å²) in [5, 5.41) is 3.73. The van der Waals surface area contributed by atoms with Crippen LogP contribution < -0.4 is 11.1 Å². The highest BCUT2D eigenvalue weighted by atomic mass is 79.9. The van der Waals surface area contributed by atoms with Gasteiger partial charge in [-0.15, -0.1) is 0 Å². The summed E-state index contributed by atoms with van der Waals surface area (Å²) in [4.78, 5) is 13.1. The molecule has 2 aromatic heterocycles. The molecule has 0 spiro atoms. The Bertz CT molecular complexity index is 810. The van der Waals surface area contributed by atoms with Crippen molar-refractivity contribution in [2.45, 2.75) is 13.8 Å². The number of thiazole rings is 1. The van der Waals surface area contributed by atoms with E-state index >= 15 is 0 Å². The van der Waals surface area contributed by atoms with E-state index in [9.17, 15) is 0 Å². The molecule has 112 valence electrons. The molecule has 0 amide bonds. The fourth-order valence-corrected chi connectivity index (χ4v) is 3.56. The zero-order valence-electron chi connectivity index (χ0n) is 12.1. The normalized spacial score (nSPS) is 10.7. The summed E-state index contributed by atoms with van der Waals surface area (Å²) < 4.78 is 0.862. The van der Waals surface area contributed by atoms with E-state index in [4.69, 9.17) is 5.73 Å². The topological polar surface area (TPSA) is 76.7 Å². The molecular weight excluding hydrogens is 362 g/mol. The summed E-state index contributed by atoms with van der Waals surface area (Å²) in [7, 11) is 0. The first-order valence-electron chi connectivity index (χ1n) is 6.62. The number of hydrogen-bond acceptors (Lipinski definition) is 6. The van der Waals surface area contributed by atoms with Gasteiger partial charge in [0.15, 0.2) is 5.13 Å². The monoisotopic (exact) mass is 375 g/mol. The zero-order chi connectivity index (χ0) is 15.7. The summed E-state index contributed by atoms with van der Waals surface area (Å²) in [5.41, 5.74) is 10.5. The summed E-state index contributed by atoms with van der Waals surface area (Å²) in [6.45, 7) is 4.12. The molecule has 2 heterocycles. The van der Waals surface area contributed by atoms with Gasteiger partial charge < -0.3 is 11.1 Å². The van der Waals surface area contributed by atoms with Crippen LogP contribution in [0.1, 0.15) is 11.1 Å². The van der Waals surface area contributed by atoms with Crippen molar-refractivity contribution in [3.05, 3.63) is 45.4 Å². The Morgan fingerprint density at radius 1 is 1.14 bits per heavy atom. The van der Waals surface area contributed by atoms with Crippen molar-refractivity contribution in [3.63, 3.8) is 0 Å². The number of nitrogens with two attached hydrogens (primary N) is 1. The third-order valence-electron chi connectivity index (χ3n) is 2.98. The predicted molar refractivity (Wildman–Crippen MR) is 94.5 cm³/mol. The Labute approximate surface area is 140 Å². The van der Waals surface area contributed by atoms with Gasteiger partial charge in [0.2, 0.25) is 5.95 Å². The molecule has 0 aliphatic rings. The van der Waals surface area contributed by atoms with Crippen LogP contribution in [0.15, 0.2) is 34.2 Å². The van der Waals surface area contributed by atoms with Crippen molar-refractivity contribution in [2.24, 2.45) is 0 Å². The predicted octanol–water partition coefficient (Wildman–Crippen LogP) is 4.31. The van der Waals surface area contributed by atoms with Crippen molar-refractivity contribution >= 4 is 44.0 Å². The highest BCUT2D eigenvalue weighted by Crippen LogP contribution is 2.33. The first-order valence-corrected chi connectivity index (χ1v) is 8.23. The molecule has 3 N–H and O–H groups in total. The average molecular weight is 376 g/mol.